The minimum Gasteiger partial charge on any atom is -0.130 e. The molecule has 0 fully saturated rings. The molecule has 0 radical (unpaired) electrons. The summed E-state index contributed by atoms with van der Waals surface area (Å²) in [5.41, 5.74) is 11.6. The highest BCUT2D eigenvalue weighted by molar-refractivity contribution is 8.34. The van der Waals surface area contributed by atoms with Crippen LogP contribution in [-0.4, -0.2) is 0 Å². The molecular weight excluding hydrogens is 476 g/mol. The van der Waals surface area contributed by atoms with Gasteiger partial charge in [-0.1, -0.05) is 111 Å². The molecule has 1 heteroatoms. The lowest BCUT2D eigenvalue weighted by Crippen LogP contribution is -2.11. The topological polar surface area (TPSA) is 0 Å². The lowest BCUT2D eigenvalue weighted by molar-refractivity contribution is 0.589. The Labute approximate surface area is 231 Å². The molecule has 2 heterocycles. The summed E-state index contributed by atoms with van der Waals surface area (Å²) in [6.07, 6.45) is 0. The van der Waals surface area contributed by atoms with Crippen LogP contribution in [0.1, 0.15) is 102 Å². The lowest BCUT2D eigenvalue weighted by atomic mass is 9.86. The van der Waals surface area contributed by atoms with Crippen molar-refractivity contribution in [2.45, 2.75) is 105 Å². The first kappa shape index (κ1) is 25.5. The zero-order valence-electron chi connectivity index (χ0n) is 24.6. The van der Waals surface area contributed by atoms with E-state index >= 15 is 0 Å². The summed E-state index contributed by atoms with van der Waals surface area (Å²) in [6, 6.07) is 29.5. The van der Waals surface area contributed by atoms with Crippen molar-refractivity contribution < 1.29 is 0 Å². The molecular formula is C37H42S. The summed E-state index contributed by atoms with van der Waals surface area (Å²) in [4.78, 5) is 6.19. The Morgan fingerprint density at radius 1 is 0.447 bits per heavy atom. The molecule has 0 aromatic heterocycles. The quantitative estimate of drug-likeness (QED) is 0.218. The van der Waals surface area contributed by atoms with Crippen LogP contribution in [-0.2, 0) is 5.41 Å². The summed E-state index contributed by atoms with van der Waals surface area (Å²) >= 11 is 0. The molecule has 0 atom stereocenters. The van der Waals surface area contributed by atoms with Crippen molar-refractivity contribution >= 4 is 10.0 Å². The SMILES string of the molecule is CC(C)c1ccc2c(c1)S1(c3cc(C(C)C)ccc3-2)c2cc(C(C)C)ccc2-c2ccc(C(C)(C)C)cc21. The van der Waals surface area contributed by atoms with Gasteiger partial charge in [-0.3, -0.25) is 0 Å². The Kier molecular flexibility index (Phi) is 5.78. The average Bonchev–Trinajstić information content (AvgIpc) is 3.33. The van der Waals surface area contributed by atoms with Crippen LogP contribution in [0.2, 0.25) is 0 Å². The molecule has 1 spiro atoms. The number of fused-ring (bicyclic) bond motifs is 10. The largest absolute Gasteiger partial charge is 0.130 e. The summed E-state index contributed by atoms with van der Waals surface area (Å²) < 4.78 is 0. The van der Waals surface area contributed by atoms with Crippen molar-refractivity contribution in [2.24, 2.45) is 0 Å². The third-order valence-electron chi connectivity index (χ3n) is 8.76. The molecule has 38 heavy (non-hydrogen) atoms. The van der Waals surface area contributed by atoms with Crippen LogP contribution in [0.4, 0.5) is 0 Å². The van der Waals surface area contributed by atoms with Gasteiger partial charge in [0.25, 0.3) is 0 Å². The molecule has 196 valence electrons. The number of rotatable bonds is 3. The Hall–Kier alpha value is -2.77. The van der Waals surface area contributed by atoms with Crippen molar-refractivity contribution in [1.29, 1.82) is 0 Å². The Bertz CT molecular complexity index is 1490. The van der Waals surface area contributed by atoms with Gasteiger partial charge >= 0.3 is 0 Å². The predicted molar refractivity (Wildman–Crippen MR) is 165 cm³/mol. The second kappa shape index (κ2) is 8.62. The molecule has 0 N–H and O–H groups in total. The fourth-order valence-electron chi connectivity index (χ4n) is 6.30. The molecule has 4 aromatic rings. The number of benzene rings is 4. The van der Waals surface area contributed by atoms with Gasteiger partial charge in [-0.2, -0.15) is 0 Å². The highest BCUT2D eigenvalue weighted by Gasteiger charge is 2.48. The second-order valence-corrected chi connectivity index (χ2v) is 16.3. The van der Waals surface area contributed by atoms with Gasteiger partial charge in [-0.25, -0.2) is 0 Å². The van der Waals surface area contributed by atoms with Crippen molar-refractivity contribution in [3.63, 3.8) is 0 Å². The molecule has 0 unspecified atom stereocenters. The van der Waals surface area contributed by atoms with Gasteiger partial charge < -0.3 is 0 Å². The average molecular weight is 519 g/mol. The fourth-order valence-corrected chi connectivity index (χ4v) is 11.0. The van der Waals surface area contributed by atoms with Crippen molar-refractivity contribution in [3.05, 3.63) is 95.1 Å². The molecule has 0 amide bonds. The first-order valence-corrected chi connectivity index (χ1v) is 16.0. The van der Waals surface area contributed by atoms with E-state index in [-0.39, 0.29) is 5.41 Å². The van der Waals surface area contributed by atoms with E-state index in [0.29, 0.717) is 17.8 Å². The van der Waals surface area contributed by atoms with Crippen molar-refractivity contribution in [1.82, 2.24) is 0 Å². The maximum Gasteiger partial charge on any atom is 0.0105 e. The normalized spacial score (nSPS) is 15.7. The van der Waals surface area contributed by atoms with Crippen LogP contribution < -0.4 is 0 Å². The maximum atomic E-state index is 2.59. The second-order valence-electron chi connectivity index (χ2n) is 13.3. The van der Waals surface area contributed by atoms with Gasteiger partial charge in [-0.05, 0) is 91.9 Å². The molecule has 0 saturated heterocycles. The first-order chi connectivity index (χ1) is 17.9. The molecule has 2 aliphatic heterocycles. The van der Waals surface area contributed by atoms with Crippen LogP contribution in [0.15, 0.2) is 92.4 Å². The van der Waals surface area contributed by atoms with Crippen molar-refractivity contribution in [2.75, 3.05) is 0 Å². The van der Waals surface area contributed by atoms with Gasteiger partial charge in [0.15, 0.2) is 0 Å². The fraction of sp³-hybridized carbons (Fsp3) is 0.351. The van der Waals surface area contributed by atoms with E-state index in [1.54, 1.807) is 19.6 Å². The predicted octanol–water partition coefficient (Wildman–Crippen LogP) is 11.7. The van der Waals surface area contributed by atoms with Crippen LogP contribution in [0.3, 0.4) is 0 Å². The molecule has 4 aromatic carbocycles. The van der Waals surface area contributed by atoms with E-state index in [1.807, 2.05) is 0 Å². The maximum absolute atomic E-state index is 2.59. The van der Waals surface area contributed by atoms with Gasteiger partial charge in [0, 0.05) is 19.6 Å². The smallest absolute Gasteiger partial charge is 0.0105 e. The van der Waals surface area contributed by atoms with Crippen LogP contribution in [0.25, 0.3) is 22.3 Å². The Morgan fingerprint density at radius 2 is 0.763 bits per heavy atom. The Balaban J connectivity index is 1.82. The van der Waals surface area contributed by atoms with Crippen LogP contribution in [0.5, 0.6) is 0 Å². The molecule has 0 nitrogen and oxygen atoms in total. The lowest BCUT2D eigenvalue weighted by Gasteiger charge is -2.38. The number of hydrogen-bond acceptors (Lipinski definition) is 0. The minimum atomic E-state index is -1.61. The minimum absolute atomic E-state index is 0.0946. The first-order valence-electron chi connectivity index (χ1n) is 14.3. The van der Waals surface area contributed by atoms with Crippen molar-refractivity contribution in [3.8, 4) is 22.3 Å². The molecule has 0 aliphatic carbocycles. The standard InChI is InChI=1S/C37H42S/c1-22(2)25-10-14-29-30-15-11-26(23(3)4)19-34(30)38(33(29)18-25)35-20-27(24(5)6)12-16-31(35)32-17-13-28(21-36(32)38)37(7,8)9/h10-24H,1-9H3. The van der Waals surface area contributed by atoms with Gasteiger partial charge in [0.1, 0.15) is 0 Å². The monoisotopic (exact) mass is 518 g/mol. The van der Waals surface area contributed by atoms with E-state index in [4.69, 9.17) is 0 Å². The summed E-state index contributed by atoms with van der Waals surface area (Å²) in [7, 11) is -1.61. The number of hydrogen-bond donors (Lipinski definition) is 0. The third kappa shape index (κ3) is 3.51. The van der Waals surface area contributed by atoms with Gasteiger partial charge in [0.05, 0.1) is 0 Å². The summed E-state index contributed by atoms with van der Waals surface area (Å²) in [6.45, 7) is 21.0. The van der Waals surface area contributed by atoms with Crippen LogP contribution in [0, 0.1) is 0 Å². The zero-order chi connectivity index (χ0) is 27.1. The zero-order valence-corrected chi connectivity index (χ0v) is 25.4. The van der Waals surface area contributed by atoms with E-state index in [9.17, 15) is 0 Å². The highest BCUT2D eigenvalue weighted by atomic mass is 32.3. The van der Waals surface area contributed by atoms with Gasteiger partial charge in [0.2, 0.25) is 0 Å². The summed E-state index contributed by atoms with van der Waals surface area (Å²) in [5.74, 6) is 1.49. The highest BCUT2D eigenvalue weighted by Crippen LogP contribution is 2.85. The summed E-state index contributed by atoms with van der Waals surface area (Å²) in [5, 5.41) is 0. The van der Waals surface area contributed by atoms with Crippen LogP contribution >= 0.6 is 10.0 Å². The molecule has 6 rings (SSSR count). The van der Waals surface area contributed by atoms with E-state index in [1.165, 1.54) is 44.5 Å². The van der Waals surface area contributed by atoms with E-state index in [2.05, 4.69) is 135 Å². The molecule has 0 saturated carbocycles. The van der Waals surface area contributed by atoms with E-state index in [0.717, 1.165) is 0 Å². The Morgan fingerprint density at radius 3 is 1.08 bits per heavy atom. The van der Waals surface area contributed by atoms with E-state index < -0.39 is 10.0 Å². The molecule has 2 aliphatic rings. The molecule has 0 bridgehead atoms. The van der Waals surface area contributed by atoms with Gasteiger partial charge in [-0.15, -0.1) is 10.0 Å². The third-order valence-corrected chi connectivity index (χ3v) is 12.8.